The van der Waals surface area contributed by atoms with E-state index in [1.165, 1.54) is 11.1 Å². The Morgan fingerprint density at radius 3 is 2.68 bits per heavy atom. The second kappa shape index (κ2) is 7.76. The van der Waals surface area contributed by atoms with E-state index in [4.69, 9.17) is 9.47 Å². The Morgan fingerprint density at radius 1 is 1.08 bits per heavy atom. The molecule has 0 fully saturated rings. The molecule has 132 valence electrons. The van der Waals surface area contributed by atoms with Gasteiger partial charge in [0, 0.05) is 13.1 Å². The van der Waals surface area contributed by atoms with Crippen LogP contribution < -0.4 is 20.1 Å². The standard InChI is InChI=1S/C19H20N2O3.ClH/c22-19(16-10-14-3-1-2-4-15(14)12-20-16)21-11-13-5-6-17-18(9-13)24-8-7-23-17;/h1-6,9,16,20H,7-8,10-12H2,(H,21,22);1H. The lowest BCUT2D eigenvalue weighted by molar-refractivity contribution is -0.123. The van der Waals surface area contributed by atoms with Crippen LogP contribution in [0.5, 0.6) is 11.5 Å². The number of hydrogen-bond donors (Lipinski definition) is 2. The first kappa shape index (κ1) is 17.6. The van der Waals surface area contributed by atoms with Gasteiger partial charge in [-0.05, 0) is 35.2 Å². The molecule has 0 saturated carbocycles. The van der Waals surface area contributed by atoms with Crippen molar-refractivity contribution in [2.75, 3.05) is 13.2 Å². The van der Waals surface area contributed by atoms with Crippen molar-refractivity contribution in [1.29, 1.82) is 0 Å². The summed E-state index contributed by atoms with van der Waals surface area (Å²) in [5.41, 5.74) is 3.52. The van der Waals surface area contributed by atoms with Crippen LogP contribution in [0.15, 0.2) is 42.5 Å². The van der Waals surface area contributed by atoms with E-state index in [2.05, 4.69) is 22.8 Å². The van der Waals surface area contributed by atoms with Crippen LogP contribution in [0.25, 0.3) is 0 Å². The molecule has 5 nitrogen and oxygen atoms in total. The van der Waals surface area contributed by atoms with Gasteiger partial charge in [-0.15, -0.1) is 12.4 Å². The van der Waals surface area contributed by atoms with Crippen molar-refractivity contribution < 1.29 is 14.3 Å². The minimum absolute atomic E-state index is 0. The summed E-state index contributed by atoms with van der Waals surface area (Å²) in [4.78, 5) is 12.4. The van der Waals surface area contributed by atoms with E-state index < -0.39 is 0 Å². The molecule has 2 heterocycles. The van der Waals surface area contributed by atoms with E-state index in [-0.39, 0.29) is 24.4 Å². The number of ether oxygens (including phenoxy) is 2. The van der Waals surface area contributed by atoms with Crippen LogP contribution in [0.1, 0.15) is 16.7 Å². The Hall–Kier alpha value is -2.24. The number of fused-ring (bicyclic) bond motifs is 2. The van der Waals surface area contributed by atoms with Gasteiger partial charge in [0.1, 0.15) is 13.2 Å². The van der Waals surface area contributed by atoms with Crippen molar-refractivity contribution in [2.45, 2.75) is 25.6 Å². The average molecular weight is 361 g/mol. The predicted octanol–water partition coefficient (Wildman–Crippen LogP) is 2.21. The molecule has 2 N–H and O–H groups in total. The number of amides is 1. The number of benzene rings is 2. The fourth-order valence-corrected chi connectivity index (χ4v) is 3.15. The summed E-state index contributed by atoms with van der Waals surface area (Å²) in [5.74, 6) is 1.54. The number of carbonyl (C=O) groups is 1. The van der Waals surface area contributed by atoms with E-state index in [9.17, 15) is 4.79 Å². The molecule has 25 heavy (non-hydrogen) atoms. The molecule has 1 amide bonds. The van der Waals surface area contributed by atoms with Crippen LogP contribution in [0, 0.1) is 0 Å². The minimum Gasteiger partial charge on any atom is -0.486 e. The van der Waals surface area contributed by atoms with Gasteiger partial charge in [0.05, 0.1) is 6.04 Å². The molecular weight excluding hydrogens is 340 g/mol. The highest BCUT2D eigenvalue weighted by Gasteiger charge is 2.23. The van der Waals surface area contributed by atoms with Crippen LogP contribution in [0.4, 0.5) is 0 Å². The van der Waals surface area contributed by atoms with Crippen LogP contribution in [0.2, 0.25) is 0 Å². The third kappa shape index (κ3) is 3.89. The highest BCUT2D eigenvalue weighted by atomic mass is 35.5. The van der Waals surface area contributed by atoms with Gasteiger partial charge in [-0.2, -0.15) is 0 Å². The van der Waals surface area contributed by atoms with Gasteiger partial charge in [-0.3, -0.25) is 4.79 Å². The van der Waals surface area contributed by atoms with Crippen molar-refractivity contribution in [3.63, 3.8) is 0 Å². The summed E-state index contributed by atoms with van der Waals surface area (Å²) in [7, 11) is 0. The fourth-order valence-electron chi connectivity index (χ4n) is 3.15. The first-order valence-electron chi connectivity index (χ1n) is 8.26. The van der Waals surface area contributed by atoms with Gasteiger partial charge in [0.2, 0.25) is 5.91 Å². The Bertz CT molecular complexity index is 766. The third-order valence-electron chi connectivity index (χ3n) is 4.47. The van der Waals surface area contributed by atoms with Gasteiger partial charge in [0.25, 0.3) is 0 Å². The topological polar surface area (TPSA) is 59.6 Å². The van der Waals surface area contributed by atoms with Crippen molar-refractivity contribution in [3.8, 4) is 11.5 Å². The smallest absolute Gasteiger partial charge is 0.237 e. The summed E-state index contributed by atoms with van der Waals surface area (Å²) >= 11 is 0. The maximum absolute atomic E-state index is 12.4. The number of hydrogen-bond acceptors (Lipinski definition) is 4. The van der Waals surface area contributed by atoms with Crippen molar-refractivity contribution in [2.24, 2.45) is 0 Å². The SMILES string of the molecule is Cl.O=C(NCc1ccc2c(c1)OCCO2)C1Cc2ccccc2CN1. The van der Waals surface area contributed by atoms with Crippen molar-refractivity contribution >= 4 is 18.3 Å². The second-order valence-corrected chi connectivity index (χ2v) is 6.10. The summed E-state index contributed by atoms with van der Waals surface area (Å²) in [6.07, 6.45) is 0.725. The average Bonchev–Trinajstić information content (AvgIpc) is 2.65. The van der Waals surface area contributed by atoms with Gasteiger partial charge in [-0.25, -0.2) is 0 Å². The lowest BCUT2D eigenvalue weighted by Gasteiger charge is -2.25. The molecule has 0 radical (unpaired) electrons. The van der Waals surface area contributed by atoms with E-state index in [0.29, 0.717) is 19.8 Å². The molecule has 2 aromatic rings. The maximum Gasteiger partial charge on any atom is 0.237 e. The van der Waals surface area contributed by atoms with Crippen LogP contribution in [-0.4, -0.2) is 25.2 Å². The third-order valence-corrected chi connectivity index (χ3v) is 4.47. The molecule has 6 heteroatoms. The number of halogens is 1. The van der Waals surface area contributed by atoms with E-state index in [1.807, 2.05) is 30.3 Å². The zero-order chi connectivity index (χ0) is 16.4. The number of nitrogens with one attached hydrogen (secondary N) is 2. The molecule has 0 bridgehead atoms. The second-order valence-electron chi connectivity index (χ2n) is 6.10. The molecule has 2 aromatic carbocycles. The van der Waals surface area contributed by atoms with Crippen LogP contribution >= 0.6 is 12.4 Å². The largest absolute Gasteiger partial charge is 0.486 e. The van der Waals surface area contributed by atoms with E-state index >= 15 is 0 Å². The highest BCUT2D eigenvalue weighted by Crippen LogP contribution is 2.30. The summed E-state index contributed by atoms with van der Waals surface area (Å²) in [6.45, 7) is 2.36. The lowest BCUT2D eigenvalue weighted by atomic mass is 9.95. The Labute approximate surface area is 153 Å². The monoisotopic (exact) mass is 360 g/mol. The molecule has 0 saturated heterocycles. The Kier molecular flexibility index (Phi) is 5.46. The van der Waals surface area contributed by atoms with Gasteiger partial charge in [0.15, 0.2) is 11.5 Å². The molecule has 4 rings (SSSR count). The Balaban J connectivity index is 0.00000182. The molecule has 2 aliphatic heterocycles. The summed E-state index contributed by atoms with van der Waals surface area (Å²) in [6, 6.07) is 13.8. The molecule has 0 aliphatic carbocycles. The molecule has 1 atom stereocenters. The first-order valence-corrected chi connectivity index (χ1v) is 8.26. The molecule has 0 aromatic heterocycles. The van der Waals surface area contributed by atoms with Gasteiger partial charge in [-0.1, -0.05) is 30.3 Å². The summed E-state index contributed by atoms with van der Waals surface area (Å²) < 4.78 is 11.1. The fraction of sp³-hybridized carbons (Fsp3) is 0.316. The molecular formula is C19H21ClN2O3. The van der Waals surface area contributed by atoms with E-state index in [1.54, 1.807) is 0 Å². The Morgan fingerprint density at radius 2 is 1.84 bits per heavy atom. The minimum atomic E-state index is -0.183. The highest BCUT2D eigenvalue weighted by molar-refractivity contribution is 5.85. The quantitative estimate of drug-likeness (QED) is 0.881. The van der Waals surface area contributed by atoms with Crippen LogP contribution in [-0.2, 0) is 24.3 Å². The predicted molar refractivity (Wildman–Crippen MR) is 97.3 cm³/mol. The van der Waals surface area contributed by atoms with E-state index in [0.717, 1.165) is 30.0 Å². The molecule has 1 unspecified atom stereocenters. The van der Waals surface area contributed by atoms with Gasteiger partial charge < -0.3 is 20.1 Å². The van der Waals surface area contributed by atoms with Crippen molar-refractivity contribution in [3.05, 3.63) is 59.2 Å². The van der Waals surface area contributed by atoms with Crippen molar-refractivity contribution in [1.82, 2.24) is 10.6 Å². The zero-order valence-electron chi connectivity index (χ0n) is 13.8. The maximum atomic E-state index is 12.4. The molecule has 0 spiro atoms. The number of rotatable bonds is 3. The van der Waals surface area contributed by atoms with Gasteiger partial charge >= 0.3 is 0 Å². The van der Waals surface area contributed by atoms with Crippen LogP contribution in [0.3, 0.4) is 0 Å². The lowest BCUT2D eigenvalue weighted by Crippen LogP contribution is -2.47. The number of carbonyl (C=O) groups excluding carboxylic acids is 1. The normalized spacial score (nSPS) is 17.8. The zero-order valence-corrected chi connectivity index (χ0v) is 14.6. The summed E-state index contributed by atoms with van der Waals surface area (Å²) in [5, 5.41) is 6.31. The first-order chi connectivity index (χ1) is 11.8. The molecule has 2 aliphatic rings.